The molecule has 0 aliphatic rings. The van der Waals surface area contributed by atoms with E-state index in [0.29, 0.717) is 5.57 Å². The minimum atomic E-state index is -4.26. The number of halogens is 2. The first-order valence-corrected chi connectivity index (χ1v) is 7.03. The zero-order valence-corrected chi connectivity index (χ0v) is 11.6. The molecule has 0 aliphatic heterocycles. The molecule has 0 radical (unpaired) electrons. The number of hydrogen-bond acceptors (Lipinski definition) is 3. The molecule has 0 aliphatic carbocycles. The van der Waals surface area contributed by atoms with Crippen molar-refractivity contribution in [3.63, 3.8) is 0 Å². The van der Waals surface area contributed by atoms with Gasteiger partial charge < -0.3 is 5.73 Å². The molecular weight excluding hydrogens is 274 g/mol. The van der Waals surface area contributed by atoms with Crippen LogP contribution in [0, 0.1) is 11.6 Å². The maximum Gasteiger partial charge on any atom is 0.249 e. The molecule has 0 amide bonds. The molecule has 1 rings (SSSR count). The van der Waals surface area contributed by atoms with Crippen LogP contribution in [0.4, 0.5) is 14.5 Å². The van der Waals surface area contributed by atoms with Crippen LogP contribution >= 0.6 is 0 Å². The van der Waals surface area contributed by atoms with Crippen molar-refractivity contribution >= 4 is 15.7 Å². The molecule has 7 heteroatoms. The summed E-state index contributed by atoms with van der Waals surface area (Å²) in [6.07, 6.45) is 0. The lowest BCUT2D eigenvalue weighted by Crippen LogP contribution is -2.33. The highest BCUT2D eigenvalue weighted by Gasteiger charge is 2.30. The zero-order valence-electron chi connectivity index (χ0n) is 10.8. The molecule has 19 heavy (non-hydrogen) atoms. The summed E-state index contributed by atoms with van der Waals surface area (Å²) in [7, 11) is -4.26. The second-order valence-electron chi connectivity index (χ2n) is 4.20. The van der Waals surface area contributed by atoms with Crippen LogP contribution in [0.2, 0.25) is 0 Å². The third-order valence-electron chi connectivity index (χ3n) is 2.42. The predicted molar refractivity (Wildman–Crippen MR) is 70.0 cm³/mol. The SMILES string of the molecule is C=C(C)CN(CC)S(=O)(=O)c1c(F)cc(N)cc1F. The number of nitrogen functional groups attached to an aromatic ring is 1. The molecule has 2 N–H and O–H groups in total. The topological polar surface area (TPSA) is 63.4 Å². The van der Waals surface area contributed by atoms with Gasteiger partial charge in [-0.2, -0.15) is 4.31 Å². The highest BCUT2D eigenvalue weighted by atomic mass is 32.2. The number of sulfonamides is 1. The van der Waals surface area contributed by atoms with Crippen molar-refractivity contribution in [2.45, 2.75) is 18.7 Å². The number of likely N-dealkylation sites (N-methyl/N-ethyl adjacent to an activating group) is 1. The van der Waals surface area contributed by atoms with Gasteiger partial charge in [-0.25, -0.2) is 17.2 Å². The fraction of sp³-hybridized carbons (Fsp3) is 0.333. The van der Waals surface area contributed by atoms with Crippen molar-refractivity contribution in [3.8, 4) is 0 Å². The van der Waals surface area contributed by atoms with Crippen LogP contribution in [0.5, 0.6) is 0 Å². The third kappa shape index (κ3) is 3.30. The molecule has 0 saturated heterocycles. The van der Waals surface area contributed by atoms with Gasteiger partial charge in [-0.15, -0.1) is 0 Å². The first-order chi connectivity index (χ1) is 8.70. The second kappa shape index (κ2) is 5.66. The molecule has 1 aromatic rings. The van der Waals surface area contributed by atoms with Crippen LogP contribution in [0.25, 0.3) is 0 Å². The van der Waals surface area contributed by atoms with Crippen molar-refractivity contribution in [2.75, 3.05) is 18.8 Å². The summed E-state index contributed by atoms with van der Waals surface area (Å²) in [6.45, 7) is 6.89. The maximum absolute atomic E-state index is 13.7. The maximum atomic E-state index is 13.7. The van der Waals surface area contributed by atoms with Gasteiger partial charge in [0.2, 0.25) is 10.0 Å². The van der Waals surface area contributed by atoms with Gasteiger partial charge >= 0.3 is 0 Å². The Kier molecular flexibility index (Phi) is 4.65. The van der Waals surface area contributed by atoms with Crippen LogP contribution < -0.4 is 5.73 Å². The summed E-state index contributed by atoms with van der Waals surface area (Å²) >= 11 is 0. The molecule has 0 unspecified atom stereocenters. The number of rotatable bonds is 5. The Morgan fingerprint density at radius 1 is 1.37 bits per heavy atom. The molecule has 0 heterocycles. The summed E-state index contributed by atoms with van der Waals surface area (Å²) in [5.41, 5.74) is 5.66. The van der Waals surface area contributed by atoms with Gasteiger partial charge in [0.25, 0.3) is 0 Å². The Labute approximate surface area is 111 Å². The lowest BCUT2D eigenvalue weighted by molar-refractivity contribution is 0.437. The summed E-state index contributed by atoms with van der Waals surface area (Å²) in [5, 5.41) is 0. The van der Waals surface area contributed by atoms with Gasteiger partial charge in [0.15, 0.2) is 4.90 Å². The van der Waals surface area contributed by atoms with Gasteiger partial charge in [-0.05, 0) is 19.1 Å². The summed E-state index contributed by atoms with van der Waals surface area (Å²) in [4.78, 5) is -0.982. The van der Waals surface area contributed by atoms with Crippen LogP contribution in [0.1, 0.15) is 13.8 Å². The Balaban J connectivity index is 3.38. The van der Waals surface area contributed by atoms with E-state index in [9.17, 15) is 17.2 Å². The average molecular weight is 290 g/mol. The number of nitrogens with zero attached hydrogens (tertiary/aromatic N) is 1. The number of hydrogen-bond donors (Lipinski definition) is 1. The summed E-state index contributed by atoms with van der Waals surface area (Å²) in [6, 6.07) is 1.56. The molecule has 0 fully saturated rings. The Morgan fingerprint density at radius 2 is 1.84 bits per heavy atom. The lowest BCUT2D eigenvalue weighted by Gasteiger charge is -2.21. The predicted octanol–water partition coefficient (Wildman–Crippen LogP) is 2.13. The van der Waals surface area contributed by atoms with Gasteiger partial charge in [-0.3, -0.25) is 0 Å². The normalized spacial score (nSPS) is 11.8. The van der Waals surface area contributed by atoms with E-state index in [1.54, 1.807) is 13.8 Å². The van der Waals surface area contributed by atoms with E-state index in [2.05, 4.69) is 6.58 Å². The monoisotopic (exact) mass is 290 g/mol. The van der Waals surface area contributed by atoms with Crippen molar-refractivity contribution < 1.29 is 17.2 Å². The lowest BCUT2D eigenvalue weighted by atomic mass is 10.3. The molecule has 0 atom stereocenters. The van der Waals surface area contributed by atoms with Gasteiger partial charge in [-0.1, -0.05) is 19.1 Å². The number of anilines is 1. The first kappa shape index (κ1) is 15.6. The largest absolute Gasteiger partial charge is 0.399 e. The second-order valence-corrected chi connectivity index (χ2v) is 6.08. The fourth-order valence-electron chi connectivity index (χ4n) is 1.62. The van der Waals surface area contributed by atoms with Crippen molar-refractivity contribution in [2.24, 2.45) is 0 Å². The zero-order chi connectivity index (χ0) is 14.8. The van der Waals surface area contributed by atoms with Crippen LogP contribution in [-0.4, -0.2) is 25.8 Å². The Morgan fingerprint density at radius 3 is 2.21 bits per heavy atom. The van der Waals surface area contributed by atoms with Crippen LogP contribution in [0.3, 0.4) is 0 Å². The minimum absolute atomic E-state index is 0.00207. The van der Waals surface area contributed by atoms with E-state index < -0.39 is 26.6 Å². The van der Waals surface area contributed by atoms with E-state index in [0.717, 1.165) is 16.4 Å². The molecule has 106 valence electrons. The highest BCUT2D eigenvalue weighted by molar-refractivity contribution is 7.89. The molecule has 0 saturated carbocycles. The molecule has 0 aromatic heterocycles. The van der Waals surface area contributed by atoms with Crippen molar-refractivity contribution in [1.29, 1.82) is 0 Å². The van der Waals surface area contributed by atoms with E-state index >= 15 is 0 Å². The van der Waals surface area contributed by atoms with Crippen molar-refractivity contribution in [3.05, 3.63) is 35.9 Å². The van der Waals surface area contributed by atoms with Gasteiger partial charge in [0.05, 0.1) is 0 Å². The molecule has 0 spiro atoms. The van der Waals surface area contributed by atoms with E-state index in [4.69, 9.17) is 5.73 Å². The Bertz CT molecular complexity index is 577. The molecular formula is C12H16F2N2O2S. The van der Waals surface area contributed by atoms with E-state index in [1.165, 1.54) is 0 Å². The molecule has 0 bridgehead atoms. The standard InChI is InChI=1S/C12H16F2N2O2S/c1-4-16(7-8(2)3)19(17,18)12-10(13)5-9(15)6-11(12)14/h5-6H,2,4,7,15H2,1,3H3. The summed E-state index contributed by atoms with van der Waals surface area (Å²) < 4.78 is 52.8. The Hall–Kier alpha value is -1.47. The average Bonchev–Trinajstić information content (AvgIpc) is 2.23. The van der Waals surface area contributed by atoms with E-state index in [-0.39, 0.29) is 18.8 Å². The summed E-state index contributed by atoms with van der Waals surface area (Å²) in [5.74, 6) is -2.39. The van der Waals surface area contributed by atoms with Crippen molar-refractivity contribution in [1.82, 2.24) is 4.31 Å². The number of benzene rings is 1. The molecule has 1 aromatic carbocycles. The smallest absolute Gasteiger partial charge is 0.249 e. The van der Waals surface area contributed by atoms with E-state index in [1.807, 2.05) is 0 Å². The fourth-order valence-corrected chi connectivity index (χ4v) is 3.22. The first-order valence-electron chi connectivity index (χ1n) is 5.59. The highest BCUT2D eigenvalue weighted by Crippen LogP contribution is 2.25. The minimum Gasteiger partial charge on any atom is -0.399 e. The quantitative estimate of drug-likeness (QED) is 0.667. The van der Waals surface area contributed by atoms with Gasteiger partial charge in [0.1, 0.15) is 11.6 Å². The van der Waals surface area contributed by atoms with Crippen LogP contribution in [0.15, 0.2) is 29.2 Å². The third-order valence-corrected chi connectivity index (χ3v) is 4.39. The number of nitrogens with two attached hydrogens (primary N) is 1. The van der Waals surface area contributed by atoms with Crippen LogP contribution in [-0.2, 0) is 10.0 Å². The van der Waals surface area contributed by atoms with Gasteiger partial charge in [0, 0.05) is 18.8 Å². The molecule has 4 nitrogen and oxygen atoms in total.